The van der Waals surface area contributed by atoms with E-state index in [2.05, 4.69) is 34.6 Å². The van der Waals surface area contributed by atoms with Crippen molar-refractivity contribution in [1.82, 2.24) is 20.4 Å². The number of hydrogen-bond donors (Lipinski definition) is 2. The molecule has 142 valence electrons. The number of rotatable bonds is 5. The molecule has 1 aliphatic carbocycles. The number of hydrogen-bond acceptors (Lipinski definition) is 3. The van der Waals surface area contributed by atoms with Gasteiger partial charge in [0.1, 0.15) is 0 Å². The van der Waals surface area contributed by atoms with Gasteiger partial charge in [-0.2, -0.15) is 5.10 Å². The zero-order valence-corrected chi connectivity index (χ0v) is 18.1. The van der Waals surface area contributed by atoms with Gasteiger partial charge < -0.3 is 15.4 Å². The molecule has 1 fully saturated rings. The maximum absolute atomic E-state index is 5.51. The van der Waals surface area contributed by atoms with Crippen molar-refractivity contribution in [2.75, 3.05) is 14.2 Å². The average Bonchev–Trinajstić information content (AvgIpc) is 3.10. The lowest BCUT2D eigenvalue weighted by atomic mass is 9.64. The van der Waals surface area contributed by atoms with E-state index >= 15 is 0 Å². The Morgan fingerprint density at radius 2 is 2.04 bits per heavy atom. The van der Waals surface area contributed by atoms with Crippen molar-refractivity contribution in [1.29, 1.82) is 0 Å². The van der Waals surface area contributed by atoms with Crippen molar-refractivity contribution in [3.63, 3.8) is 0 Å². The number of nitrogens with one attached hydrogen (secondary N) is 2. The van der Waals surface area contributed by atoms with Gasteiger partial charge in [-0.25, -0.2) is 4.68 Å². The van der Waals surface area contributed by atoms with Gasteiger partial charge in [-0.1, -0.05) is 32.0 Å². The third-order valence-electron chi connectivity index (χ3n) is 5.10. The Balaban J connectivity index is 0.00000243. The number of aromatic nitrogens is 2. The summed E-state index contributed by atoms with van der Waals surface area (Å²) in [5, 5.41) is 11.4. The minimum Gasteiger partial charge on any atom is -0.381 e. The number of benzene rings is 1. The lowest BCUT2D eigenvalue weighted by Crippen LogP contribution is -2.63. The highest BCUT2D eigenvalue weighted by Crippen LogP contribution is 2.42. The first-order chi connectivity index (χ1) is 12.0. The Labute approximate surface area is 172 Å². The third-order valence-corrected chi connectivity index (χ3v) is 5.10. The van der Waals surface area contributed by atoms with Gasteiger partial charge >= 0.3 is 0 Å². The molecule has 7 heteroatoms. The molecular weight excluding hydrogens is 441 g/mol. The molecule has 0 saturated heterocycles. The molecular formula is C19H28IN5O. The van der Waals surface area contributed by atoms with Crippen molar-refractivity contribution in [3.05, 3.63) is 48.3 Å². The summed E-state index contributed by atoms with van der Waals surface area (Å²) >= 11 is 0. The van der Waals surface area contributed by atoms with Crippen molar-refractivity contribution in [2.24, 2.45) is 10.4 Å². The normalized spacial score (nSPS) is 21.5. The first-order valence-corrected chi connectivity index (χ1v) is 8.64. The molecule has 1 aromatic carbocycles. The van der Waals surface area contributed by atoms with Gasteiger partial charge in [0.25, 0.3) is 0 Å². The van der Waals surface area contributed by atoms with E-state index in [9.17, 15) is 0 Å². The van der Waals surface area contributed by atoms with Crippen LogP contribution in [0.15, 0.2) is 47.6 Å². The fourth-order valence-corrected chi connectivity index (χ4v) is 3.24. The molecule has 2 aromatic rings. The summed E-state index contributed by atoms with van der Waals surface area (Å²) in [5.41, 5.74) is 2.12. The number of ether oxygens (including phenoxy) is 1. The summed E-state index contributed by atoms with van der Waals surface area (Å²) in [6.45, 7) is 5.06. The Hall–Kier alpha value is -1.61. The second-order valence-electron chi connectivity index (χ2n) is 6.99. The number of aliphatic imine (C=N–C) groups is 1. The number of nitrogens with zero attached hydrogens (tertiary/aromatic N) is 3. The maximum Gasteiger partial charge on any atom is 0.191 e. The van der Waals surface area contributed by atoms with Crippen LogP contribution in [0.1, 0.15) is 26.0 Å². The van der Waals surface area contributed by atoms with Crippen molar-refractivity contribution in [2.45, 2.75) is 39.0 Å². The molecule has 2 atom stereocenters. The van der Waals surface area contributed by atoms with E-state index in [0.717, 1.165) is 23.8 Å². The SMILES string of the molecule is CN=C(NCc1ccn(-c2ccccc2)n1)NC1CC(OC)C1(C)C.I. The molecule has 3 rings (SSSR count). The van der Waals surface area contributed by atoms with E-state index < -0.39 is 0 Å². The van der Waals surface area contributed by atoms with Crippen LogP contribution in [0.4, 0.5) is 0 Å². The molecule has 1 aromatic heterocycles. The van der Waals surface area contributed by atoms with Crippen LogP contribution >= 0.6 is 24.0 Å². The van der Waals surface area contributed by atoms with Crippen LogP contribution in [-0.4, -0.2) is 42.0 Å². The first-order valence-electron chi connectivity index (χ1n) is 8.64. The topological polar surface area (TPSA) is 63.5 Å². The van der Waals surface area contributed by atoms with Crippen LogP contribution in [0.25, 0.3) is 5.69 Å². The minimum atomic E-state index is 0. The fraction of sp³-hybridized carbons (Fsp3) is 0.474. The molecule has 0 amide bonds. The van der Waals surface area contributed by atoms with Gasteiger partial charge in [0, 0.05) is 31.8 Å². The summed E-state index contributed by atoms with van der Waals surface area (Å²) in [6, 6.07) is 12.5. The van der Waals surface area contributed by atoms with Crippen molar-refractivity contribution < 1.29 is 4.74 Å². The minimum absolute atomic E-state index is 0. The van der Waals surface area contributed by atoms with E-state index in [-0.39, 0.29) is 29.4 Å². The number of para-hydroxylation sites is 1. The average molecular weight is 469 g/mol. The van der Waals surface area contributed by atoms with Crippen molar-refractivity contribution >= 4 is 29.9 Å². The van der Waals surface area contributed by atoms with E-state index in [1.54, 1.807) is 14.2 Å². The Morgan fingerprint density at radius 3 is 2.65 bits per heavy atom. The molecule has 1 heterocycles. The highest BCUT2D eigenvalue weighted by Gasteiger charge is 2.48. The number of methoxy groups -OCH3 is 1. The summed E-state index contributed by atoms with van der Waals surface area (Å²) < 4.78 is 7.39. The quantitative estimate of drug-likeness (QED) is 0.402. The van der Waals surface area contributed by atoms with E-state index in [4.69, 9.17) is 4.74 Å². The zero-order valence-electron chi connectivity index (χ0n) is 15.8. The Bertz CT molecular complexity index is 729. The fourth-order valence-electron chi connectivity index (χ4n) is 3.24. The third kappa shape index (κ3) is 4.37. The van der Waals surface area contributed by atoms with Crippen LogP contribution in [0, 0.1) is 5.41 Å². The van der Waals surface area contributed by atoms with Crippen LogP contribution < -0.4 is 10.6 Å². The van der Waals surface area contributed by atoms with Crippen LogP contribution in [0.5, 0.6) is 0 Å². The van der Waals surface area contributed by atoms with Gasteiger partial charge in [0.2, 0.25) is 0 Å². The smallest absolute Gasteiger partial charge is 0.191 e. The van der Waals surface area contributed by atoms with Gasteiger partial charge in [0.05, 0.1) is 24.0 Å². The molecule has 0 spiro atoms. The molecule has 6 nitrogen and oxygen atoms in total. The van der Waals surface area contributed by atoms with Gasteiger partial charge in [-0.05, 0) is 24.6 Å². The van der Waals surface area contributed by atoms with Crippen LogP contribution in [0.2, 0.25) is 0 Å². The summed E-state index contributed by atoms with van der Waals surface area (Å²) in [6.07, 6.45) is 3.26. The Kier molecular flexibility index (Phi) is 7.05. The van der Waals surface area contributed by atoms with Crippen molar-refractivity contribution in [3.8, 4) is 5.69 Å². The lowest BCUT2D eigenvalue weighted by molar-refractivity contribution is -0.0922. The van der Waals surface area contributed by atoms with E-state index in [0.29, 0.717) is 18.7 Å². The second kappa shape index (κ2) is 8.85. The lowest BCUT2D eigenvalue weighted by Gasteiger charge is -2.51. The van der Waals surface area contributed by atoms with Crippen LogP contribution in [0.3, 0.4) is 0 Å². The Morgan fingerprint density at radius 1 is 1.31 bits per heavy atom. The predicted molar refractivity (Wildman–Crippen MR) is 115 cm³/mol. The van der Waals surface area contributed by atoms with Gasteiger partial charge in [-0.3, -0.25) is 4.99 Å². The van der Waals surface area contributed by atoms with E-state index in [1.165, 1.54) is 0 Å². The van der Waals surface area contributed by atoms with E-state index in [1.807, 2.05) is 47.3 Å². The molecule has 0 aliphatic heterocycles. The molecule has 1 saturated carbocycles. The largest absolute Gasteiger partial charge is 0.381 e. The first kappa shape index (κ1) is 20.7. The second-order valence-corrected chi connectivity index (χ2v) is 6.99. The molecule has 0 bridgehead atoms. The van der Waals surface area contributed by atoms with Crippen LogP contribution in [-0.2, 0) is 11.3 Å². The number of halogens is 1. The van der Waals surface area contributed by atoms with Gasteiger partial charge in [-0.15, -0.1) is 24.0 Å². The molecule has 26 heavy (non-hydrogen) atoms. The summed E-state index contributed by atoms with van der Waals surface area (Å²) in [7, 11) is 3.57. The molecule has 1 aliphatic rings. The molecule has 2 N–H and O–H groups in total. The predicted octanol–water partition coefficient (Wildman–Crippen LogP) is 2.97. The molecule has 2 unspecified atom stereocenters. The zero-order chi connectivity index (χ0) is 17.9. The molecule has 0 radical (unpaired) electrons. The maximum atomic E-state index is 5.51. The monoisotopic (exact) mass is 469 g/mol. The summed E-state index contributed by atoms with van der Waals surface area (Å²) in [4.78, 5) is 4.33. The number of guanidine groups is 1. The highest BCUT2D eigenvalue weighted by molar-refractivity contribution is 14.0. The highest BCUT2D eigenvalue weighted by atomic mass is 127. The summed E-state index contributed by atoms with van der Waals surface area (Å²) in [5.74, 6) is 0.793. The standard InChI is InChI=1S/C19H27N5O.HI/c1-19(2)16(12-17(19)25-4)22-18(20-3)21-13-14-10-11-24(23-14)15-8-6-5-7-9-15;/h5-11,16-17H,12-13H2,1-4H3,(H2,20,21,22);1H. The van der Waals surface area contributed by atoms with Gasteiger partial charge in [0.15, 0.2) is 5.96 Å².